The van der Waals surface area contributed by atoms with E-state index >= 15 is 0 Å². The molecule has 0 unspecified atom stereocenters. The van der Waals surface area contributed by atoms with Gasteiger partial charge >= 0.3 is 12.1 Å². The monoisotopic (exact) mass is 263 g/mol. The van der Waals surface area contributed by atoms with E-state index in [0.29, 0.717) is 18.7 Å². The minimum Gasteiger partial charge on any atom is -0.476 e. The normalized spacial score (nSPS) is 14.9. The number of rotatable bonds is 2. The van der Waals surface area contributed by atoms with Gasteiger partial charge in [-0.1, -0.05) is 6.08 Å². The standard InChI is InChI=1S/C12H13N3O4/c13-8-1-2-9(14-10(8)11(16)17)7-3-5-15(6-4-7)12(18)19/h1-3H,4-6,13H2,(H,16,17)(H,18,19). The number of nitrogen functional groups attached to an aromatic ring is 1. The Hall–Kier alpha value is -2.57. The van der Waals surface area contributed by atoms with Gasteiger partial charge in [0.2, 0.25) is 0 Å². The quantitative estimate of drug-likeness (QED) is 0.736. The molecule has 0 radical (unpaired) electrons. The van der Waals surface area contributed by atoms with Crippen molar-refractivity contribution < 1.29 is 19.8 Å². The predicted octanol–water partition coefficient (Wildman–Crippen LogP) is 1.13. The lowest BCUT2D eigenvalue weighted by Crippen LogP contribution is -2.33. The summed E-state index contributed by atoms with van der Waals surface area (Å²) in [5.41, 5.74) is 6.82. The summed E-state index contributed by atoms with van der Waals surface area (Å²) in [5.74, 6) is -1.18. The molecule has 0 saturated heterocycles. The number of pyridine rings is 1. The van der Waals surface area contributed by atoms with Crippen LogP contribution in [0.4, 0.5) is 10.5 Å². The molecule has 0 spiro atoms. The number of aromatic carboxylic acids is 1. The van der Waals surface area contributed by atoms with Crippen molar-refractivity contribution in [1.82, 2.24) is 9.88 Å². The Bertz CT molecular complexity index is 568. The number of aromatic nitrogens is 1. The van der Waals surface area contributed by atoms with Gasteiger partial charge in [0, 0.05) is 13.1 Å². The van der Waals surface area contributed by atoms with Crippen molar-refractivity contribution in [2.45, 2.75) is 6.42 Å². The lowest BCUT2D eigenvalue weighted by atomic mass is 10.0. The molecule has 0 aromatic carbocycles. The lowest BCUT2D eigenvalue weighted by molar-refractivity contribution is 0.0691. The Labute approximate surface area is 109 Å². The summed E-state index contributed by atoms with van der Waals surface area (Å²) in [7, 11) is 0. The average Bonchev–Trinajstić information content (AvgIpc) is 2.39. The van der Waals surface area contributed by atoms with E-state index in [-0.39, 0.29) is 17.9 Å². The molecule has 0 aliphatic carbocycles. The minimum atomic E-state index is -1.18. The molecule has 19 heavy (non-hydrogen) atoms. The van der Waals surface area contributed by atoms with Crippen LogP contribution in [0.15, 0.2) is 18.2 Å². The Kier molecular flexibility index (Phi) is 3.37. The molecule has 2 rings (SSSR count). The van der Waals surface area contributed by atoms with Crippen LogP contribution in [0.1, 0.15) is 22.6 Å². The smallest absolute Gasteiger partial charge is 0.407 e. The predicted molar refractivity (Wildman–Crippen MR) is 67.8 cm³/mol. The number of hydrogen-bond donors (Lipinski definition) is 3. The van der Waals surface area contributed by atoms with E-state index in [1.807, 2.05) is 0 Å². The van der Waals surface area contributed by atoms with Crippen molar-refractivity contribution in [1.29, 1.82) is 0 Å². The van der Waals surface area contributed by atoms with Crippen LogP contribution in [0.3, 0.4) is 0 Å². The Morgan fingerprint density at radius 3 is 2.58 bits per heavy atom. The van der Waals surface area contributed by atoms with Gasteiger partial charge in [-0.25, -0.2) is 14.6 Å². The fourth-order valence-electron chi connectivity index (χ4n) is 1.90. The van der Waals surface area contributed by atoms with Crippen LogP contribution in [-0.4, -0.2) is 45.2 Å². The number of nitrogens with two attached hydrogens (primary N) is 1. The Morgan fingerprint density at radius 1 is 1.32 bits per heavy atom. The first-order valence-corrected chi connectivity index (χ1v) is 5.66. The Balaban J connectivity index is 2.26. The summed E-state index contributed by atoms with van der Waals surface area (Å²) >= 11 is 0. The number of amides is 1. The SMILES string of the molecule is Nc1ccc(C2=CCN(C(=O)O)CC2)nc1C(=O)O. The van der Waals surface area contributed by atoms with Gasteiger partial charge in [0.15, 0.2) is 5.69 Å². The van der Waals surface area contributed by atoms with Crippen LogP contribution >= 0.6 is 0 Å². The summed E-state index contributed by atoms with van der Waals surface area (Å²) < 4.78 is 0. The highest BCUT2D eigenvalue weighted by Crippen LogP contribution is 2.22. The molecule has 7 heteroatoms. The number of carboxylic acids is 1. The zero-order valence-corrected chi connectivity index (χ0v) is 10.0. The van der Waals surface area contributed by atoms with Crippen LogP contribution in [0, 0.1) is 0 Å². The maximum absolute atomic E-state index is 11.0. The highest BCUT2D eigenvalue weighted by molar-refractivity contribution is 5.91. The van der Waals surface area contributed by atoms with Gasteiger partial charge in [-0.15, -0.1) is 0 Å². The van der Waals surface area contributed by atoms with Gasteiger partial charge in [0.25, 0.3) is 0 Å². The van der Waals surface area contributed by atoms with E-state index in [1.165, 1.54) is 11.0 Å². The van der Waals surface area contributed by atoms with Crippen LogP contribution in [0.25, 0.3) is 5.57 Å². The second kappa shape index (κ2) is 4.97. The molecule has 1 aromatic heterocycles. The van der Waals surface area contributed by atoms with Gasteiger partial charge in [-0.2, -0.15) is 0 Å². The van der Waals surface area contributed by atoms with E-state index in [1.54, 1.807) is 12.1 Å². The molecule has 0 bridgehead atoms. The van der Waals surface area contributed by atoms with Crippen molar-refractivity contribution in [2.24, 2.45) is 0 Å². The highest BCUT2D eigenvalue weighted by Gasteiger charge is 2.19. The molecular formula is C12H13N3O4. The van der Waals surface area contributed by atoms with E-state index in [2.05, 4.69) is 4.98 Å². The topological polar surface area (TPSA) is 117 Å². The molecule has 1 aliphatic heterocycles. The van der Waals surface area contributed by atoms with Crippen LogP contribution in [0.5, 0.6) is 0 Å². The van der Waals surface area contributed by atoms with Gasteiger partial charge in [-0.05, 0) is 24.1 Å². The van der Waals surface area contributed by atoms with E-state index in [9.17, 15) is 9.59 Å². The zero-order valence-electron chi connectivity index (χ0n) is 10.0. The summed E-state index contributed by atoms with van der Waals surface area (Å²) in [6.45, 7) is 0.648. The third-order valence-corrected chi connectivity index (χ3v) is 2.94. The van der Waals surface area contributed by atoms with Crippen molar-refractivity contribution in [3.63, 3.8) is 0 Å². The van der Waals surface area contributed by atoms with E-state index in [4.69, 9.17) is 15.9 Å². The zero-order chi connectivity index (χ0) is 14.0. The number of carboxylic acid groups (broad SMARTS) is 2. The third kappa shape index (κ3) is 2.65. The highest BCUT2D eigenvalue weighted by atomic mass is 16.4. The Morgan fingerprint density at radius 2 is 2.05 bits per heavy atom. The number of hydrogen-bond acceptors (Lipinski definition) is 4. The molecule has 1 amide bonds. The summed E-state index contributed by atoms with van der Waals surface area (Å²) in [5, 5.41) is 17.8. The largest absolute Gasteiger partial charge is 0.476 e. The first kappa shape index (κ1) is 12.9. The van der Waals surface area contributed by atoms with E-state index < -0.39 is 12.1 Å². The molecule has 0 saturated carbocycles. The van der Waals surface area contributed by atoms with Crippen molar-refractivity contribution in [2.75, 3.05) is 18.8 Å². The molecule has 0 fully saturated rings. The number of nitrogens with zero attached hydrogens (tertiary/aromatic N) is 2. The minimum absolute atomic E-state index is 0.111. The van der Waals surface area contributed by atoms with Crippen LogP contribution in [-0.2, 0) is 0 Å². The summed E-state index contributed by atoms with van der Waals surface area (Å²) in [4.78, 5) is 27.0. The fourth-order valence-corrected chi connectivity index (χ4v) is 1.90. The van der Waals surface area contributed by atoms with Gasteiger partial charge < -0.3 is 20.8 Å². The fraction of sp³-hybridized carbons (Fsp3) is 0.250. The average molecular weight is 263 g/mol. The molecule has 7 nitrogen and oxygen atoms in total. The van der Waals surface area contributed by atoms with Gasteiger partial charge in [-0.3, -0.25) is 0 Å². The maximum Gasteiger partial charge on any atom is 0.407 e. The first-order valence-electron chi connectivity index (χ1n) is 5.66. The van der Waals surface area contributed by atoms with Crippen molar-refractivity contribution in [3.05, 3.63) is 29.6 Å². The molecule has 0 atom stereocenters. The molecule has 1 aromatic rings. The molecule has 4 N–H and O–H groups in total. The lowest BCUT2D eigenvalue weighted by Gasteiger charge is -2.23. The molecule has 2 heterocycles. The second-order valence-corrected chi connectivity index (χ2v) is 4.15. The number of carbonyl (C=O) groups is 2. The van der Waals surface area contributed by atoms with Gasteiger partial charge in [0.05, 0.1) is 11.4 Å². The molecule has 100 valence electrons. The van der Waals surface area contributed by atoms with Crippen molar-refractivity contribution in [3.8, 4) is 0 Å². The van der Waals surface area contributed by atoms with Gasteiger partial charge in [0.1, 0.15) is 0 Å². The van der Waals surface area contributed by atoms with Crippen LogP contribution in [0.2, 0.25) is 0 Å². The first-order chi connectivity index (χ1) is 8.99. The number of anilines is 1. The van der Waals surface area contributed by atoms with E-state index in [0.717, 1.165) is 5.57 Å². The van der Waals surface area contributed by atoms with Crippen molar-refractivity contribution >= 4 is 23.3 Å². The summed E-state index contributed by atoms with van der Waals surface area (Å²) in [6.07, 6.45) is 1.27. The summed E-state index contributed by atoms with van der Waals surface area (Å²) in [6, 6.07) is 3.14. The molecule has 1 aliphatic rings. The maximum atomic E-state index is 11.0. The second-order valence-electron chi connectivity index (χ2n) is 4.15. The third-order valence-electron chi connectivity index (χ3n) is 2.94. The molecular weight excluding hydrogens is 250 g/mol. The van der Waals surface area contributed by atoms with Crippen LogP contribution < -0.4 is 5.73 Å².